The predicted octanol–water partition coefficient (Wildman–Crippen LogP) is 4.36. The first-order valence-electron chi connectivity index (χ1n) is 8.50. The second kappa shape index (κ2) is 7.95. The van der Waals surface area contributed by atoms with Crippen LogP contribution in [0.15, 0.2) is 53.6 Å². The van der Waals surface area contributed by atoms with Crippen molar-refractivity contribution in [2.24, 2.45) is 5.10 Å². The minimum atomic E-state index is -0.290. The summed E-state index contributed by atoms with van der Waals surface area (Å²) < 4.78 is 0. The normalized spacial score (nSPS) is 10.8. The monoisotopic (exact) mass is 351 g/mol. The van der Waals surface area contributed by atoms with Gasteiger partial charge in [0.15, 0.2) is 0 Å². The van der Waals surface area contributed by atoms with E-state index in [1.165, 1.54) is 5.56 Å². The third kappa shape index (κ3) is 5.28. The van der Waals surface area contributed by atoms with Gasteiger partial charge in [0.1, 0.15) is 0 Å². The highest BCUT2D eigenvalue weighted by Gasteiger charge is 2.14. The number of nitrogens with zero attached hydrogens (tertiary/aromatic N) is 1. The van der Waals surface area contributed by atoms with E-state index in [1.807, 2.05) is 24.3 Å². The summed E-state index contributed by atoms with van der Waals surface area (Å²) in [5, 5.41) is 6.72. The van der Waals surface area contributed by atoms with E-state index in [4.69, 9.17) is 0 Å². The number of hydrogen-bond donors (Lipinski definition) is 2. The maximum atomic E-state index is 12.4. The van der Waals surface area contributed by atoms with Crippen molar-refractivity contribution >= 4 is 23.2 Å². The maximum Gasteiger partial charge on any atom is 0.271 e. The van der Waals surface area contributed by atoms with Crippen LogP contribution in [-0.2, 0) is 5.41 Å². The molecule has 0 radical (unpaired) electrons. The van der Waals surface area contributed by atoms with Crippen LogP contribution in [0.1, 0.15) is 60.9 Å². The number of nitrogens with one attached hydrogen (secondary N) is 2. The summed E-state index contributed by atoms with van der Waals surface area (Å²) in [5.41, 5.74) is 6.14. The molecule has 26 heavy (non-hydrogen) atoms. The number of rotatable bonds is 4. The first-order chi connectivity index (χ1) is 12.2. The van der Waals surface area contributed by atoms with Crippen molar-refractivity contribution in [1.29, 1.82) is 0 Å². The van der Waals surface area contributed by atoms with Gasteiger partial charge in [-0.2, -0.15) is 5.10 Å². The number of anilines is 1. The lowest BCUT2D eigenvalue weighted by atomic mass is 9.87. The molecule has 136 valence electrons. The Morgan fingerprint density at radius 3 is 1.81 bits per heavy atom. The van der Waals surface area contributed by atoms with Gasteiger partial charge in [-0.3, -0.25) is 9.59 Å². The second-order valence-electron chi connectivity index (χ2n) is 7.36. The van der Waals surface area contributed by atoms with Gasteiger partial charge in [0.2, 0.25) is 0 Å². The van der Waals surface area contributed by atoms with Crippen molar-refractivity contribution in [3.8, 4) is 0 Å². The molecule has 0 aliphatic rings. The highest BCUT2D eigenvalue weighted by molar-refractivity contribution is 6.04. The average molecular weight is 351 g/mol. The zero-order valence-electron chi connectivity index (χ0n) is 15.9. The summed E-state index contributed by atoms with van der Waals surface area (Å²) in [5.74, 6) is -0.476. The first kappa shape index (κ1) is 19.4. The summed E-state index contributed by atoms with van der Waals surface area (Å²) >= 11 is 0. The van der Waals surface area contributed by atoms with Gasteiger partial charge in [-0.15, -0.1) is 0 Å². The zero-order valence-corrected chi connectivity index (χ0v) is 15.9. The number of carbonyl (C=O) groups excluding carboxylic acids is 2. The lowest BCUT2D eigenvalue weighted by Crippen LogP contribution is -2.18. The fraction of sp³-hybridized carbons (Fsp3) is 0.286. The lowest BCUT2D eigenvalue weighted by molar-refractivity contribution is 0.0954. The van der Waals surface area contributed by atoms with E-state index in [-0.39, 0.29) is 17.2 Å². The zero-order chi connectivity index (χ0) is 19.3. The number of hydrazone groups is 1. The molecule has 0 saturated heterocycles. The molecule has 2 aromatic rings. The quantitative estimate of drug-likeness (QED) is 0.634. The summed E-state index contributed by atoms with van der Waals surface area (Å²) in [6.45, 7) is 9.99. The van der Waals surface area contributed by atoms with Gasteiger partial charge >= 0.3 is 0 Å². The van der Waals surface area contributed by atoms with Crippen LogP contribution in [-0.4, -0.2) is 17.5 Å². The van der Waals surface area contributed by atoms with Crippen molar-refractivity contribution < 1.29 is 9.59 Å². The Balaban J connectivity index is 2.03. The third-order valence-electron chi connectivity index (χ3n) is 3.80. The third-order valence-corrected chi connectivity index (χ3v) is 3.80. The lowest BCUT2D eigenvalue weighted by Gasteiger charge is -2.19. The van der Waals surface area contributed by atoms with Crippen LogP contribution >= 0.6 is 0 Å². The van der Waals surface area contributed by atoms with Crippen LogP contribution in [0.4, 0.5) is 5.69 Å². The van der Waals surface area contributed by atoms with E-state index in [2.05, 4.69) is 36.6 Å². The van der Waals surface area contributed by atoms with E-state index in [1.54, 1.807) is 38.1 Å². The Labute approximate surface area is 154 Å². The second-order valence-corrected chi connectivity index (χ2v) is 7.36. The molecular formula is C21H25N3O2. The molecule has 0 fully saturated rings. The summed E-state index contributed by atoms with van der Waals surface area (Å²) in [6, 6.07) is 14.3. The van der Waals surface area contributed by atoms with Crippen LogP contribution < -0.4 is 10.7 Å². The number of hydrogen-bond acceptors (Lipinski definition) is 3. The molecule has 0 saturated carbocycles. The minimum Gasteiger partial charge on any atom is -0.322 e. The van der Waals surface area contributed by atoms with Crippen molar-refractivity contribution in [2.45, 2.75) is 40.0 Å². The molecule has 0 bridgehead atoms. The molecule has 0 spiro atoms. The van der Waals surface area contributed by atoms with Crippen LogP contribution in [0.25, 0.3) is 0 Å². The predicted molar refractivity (Wildman–Crippen MR) is 106 cm³/mol. The van der Waals surface area contributed by atoms with Crippen molar-refractivity contribution in [3.05, 3.63) is 65.2 Å². The highest BCUT2D eigenvalue weighted by atomic mass is 16.2. The fourth-order valence-electron chi connectivity index (χ4n) is 2.26. The highest BCUT2D eigenvalue weighted by Crippen LogP contribution is 2.22. The van der Waals surface area contributed by atoms with E-state index in [9.17, 15) is 9.59 Å². The smallest absolute Gasteiger partial charge is 0.271 e. The Morgan fingerprint density at radius 1 is 0.808 bits per heavy atom. The maximum absolute atomic E-state index is 12.4. The van der Waals surface area contributed by atoms with Crippen LogP contribution in [0.5, 0.6) is 0 Å². The molecule has 0 aliphatic heterocycles. The number of amides is 2. The molecule has 2 N–H and O–H groups in total. The van der Waals surface area contributed by atoms with Gasteiger partial charge in [-0.05, 0) is 61.2 Å². The largest absolute Gasteiger partial charge is 0.322 e. The van der Waals surface area contributed by atoms with Crippen LogP contribution in [0.2, 0.25) is 0 Å². The Bertz CT molecular complexity index is 810. The van der Waals surface area contributed by atoms with Crippen molar-refractivity contribution in [1.82, 2.24) is 5.43 Å². The molecular weight excluding hydrogens is 326 g/mol. The first-order valence-corrected chi connectivity index (χ1v) is 8.50. The van der Waals surface area contributed by atoms with Crippen molar-refractivity contribution in [2.75, 3.05) is 5.32 Å². The van der Waals surface area contributed by atoms with Crippen LogP contribution in [0.3, 0.4) is 0 Å². The summed E-state index contributed by atoms with van der Waals surface area (Å²) in [6.07, 6.45) is 0. The molecule has 0 atom stereocenters. The van der Waals surface area contributed by atoms with Gasteiger partial charge in [0.25, 0.3) is 11.8 Å². The van der Waals surface area contributed by atoms with E-state index in [0.29, 0.717) is 16.8 Å². The number of carbonyl (C=O) groups is 2. The Morgan fingerprint density at radius 2 is 1.31 bits per heavy atom. The molecule has 5 nitrogen and oxygen atoms in total. The average Bonchev–Trinajstić information content (AvgIpc) is 2.59. The van der Waals surface area contributed by atoms with Gasteiger partial charge in [0.05, 0.1) is 0 Å². The standard InChI is InChI=1S/C21H25N3O2/c1-14(2)23-24-20(26)16-8-12-18(13-9-16)22-19(25)15-6-10-17(11-7-15)21(3,4)5/h6-13H,1-5H3,(H,22,25)(H,24,26). The van der Waals surface area contributed by atoms with Gasteiger partial charge in [0, 0.05) is 22.5 Å². The molecule has 0 heterocycles. The minimum absolute atomic E-state index is 0.0474. The van der Waals surface area contributed by atoms with Gasteiger partial charge < -0.3 is 5.32 Å². The van der Waals surface area contributed by atoms with Crippen LogP contribution in [0, 0.1) is 0 Å². The molecule has 0 aliphatic carbocycles. The Hall–Kier alpha value is -2.95. The molecule has 2 aromatic carbocycles. The van der Waals surface area contributed by atoms with E-state index >= 15 is 0 Å². The molecule has 5 heteroatoms. The summed E-state index contributed by atoms with van der Waals surface area (Å²) in [7, 11) is 0. The topological polar surface area (TPSA) is 70.6 Å². The van der Waals surface area contributed by atoms with E-state index in [0.717, 1.165) is 5.71 Å². The molecule has 0 unspecified atom stereocenters. The van der Waals surface area contributed by atoms with Gasteiger partial charge in [-0.1, -0.05) is 32.9 Å². The SMILES string of the molecule is CC(C)=NNC(=O)c1ccc(NC(=O)c2ccc(C(C)(C)C)cc2)cc1. The summed E-state index contributed by atoms with van der Waals surface area (Å²) in [4.78, 5) is 24.3. The molecule has 2 amide bonds. The van der Waals surface area contributed by atoms with E-state index < -0.39 is 0 Å². The molecule has 0 aromatic heterocycles. The fourth-order valence-corrected chi connectivity index (χ4v) is 2.26. The molecule has 2 rings (SSSR count). The van der Waals surface area contributed by atoms with Crippen molar-refractivity contribution in [3.63, 3.8) is 0 Å². The Kier molecular flexibility index (Phi) is 5.93. The number of benzene rings is 2. The van der Waals surface area contributed by atoms with Gasteiger partial charge in [-0.25, -0.2) is 5.43 Å².